The summed E-state index contributed by atoms with van der Waals surface area (Å²) in [4.78, 5) is 0. The normalized spacial score (nSPS) is 13.3. The van der Waals surface area contributed by atoms with Crippen LogP contribution in [0, 0.1) is 0 Å². The first-order valence-corrected chi connectivity index (χ1v) is 9.01. The van der Waals surface area contributed by atoms with Crippen molar-refractivity contribution in [3.05, 3.63) is 51.8 Å². The minimum absolute atomic E-state index is 0.125. The van der Waals surface area contributed by atoms with Crippen molar-refractivity contribution in [1.29, 1.82) is 0 Å². The van der Waals surface area contributed by atoms with Gasteiger partial charge in [-0.1, -0.05) is 29.3 Å². The van der Waals surface area contributed by atoms with Gasteiger partial charge in [0.25, 0.3) is 0 Å². The number of benzene rings is 1. The van der Waals surface area contributed by atoms with Crippen molar-refractivity contribution in [3.63, 3.8) is 0 Å². The predicted molar refractivity (Wildman–Crippen MR) is 85.6 cm³/mol. The minimum Gasteiger partial charge on any atom is -0.285 e. The zero-order chi connectivity index (χ0) is 15.5. The van der Waals surface area contributed by atoms with E-state index in [-0.39, 0.29) is 5.75 Å². The number of hydrogen-bond donors (Lipinski definition) is 1. The molecule has 4 nitrogen and oxygen atoms in total. The lowest BCUT2D eigenvalue weighted by molar-refractivity contribution is 0.583. The minimum atomic E-state index is -3.23. The van der Waals surface area contributed by atoms with E-state index in [1.807, 2.05) is 0 Å². The molecule has 0 bridgehead atoms. The summed E-state index contributed by atoms with van der Waals surface area (Å²) in [5, 5.41) is 6.74. The number of H-pyrrole nitrogens is 1. The highest BCUT2D eigenvalue weighted by Gasteiger charge is 2.22. The van der Waals surface area contributed by atoms with Crippen LogP contribution in [0.3, 0.4) is 0 Å². The van der Waals surface area contributed by atoms with Gasteiger partial charge < -0.3 is 0 Å². The van der Waals surface area contributed by atoms with Gasteiger partial charge in [0.15, 0.2) is 9.84 Å². The van der Waals surface area contributed by atoms with Gasteiger partial charge in [-0.25, -0.2) is 8.42 Å². The molecule has 21 heavy (non-hydrogen) atoms. The maximum absolute atomic E-state index is 12.4. The molecule has 0 aliphatic rings. The van der Waals surface area contributed by atoms with Crippen LogP contribution < -0.4 is 0 Å². The summed E-state index contributed by atoms with van der Waals surface area (Å²) >= 11 is 11.8. The second kappa shape index (κ2) is 6.81. The molecule has 2 rings (SSSR count). The SMILES string of the molecule is CC(c1ccc(Cl)c(Cl)c1)S(=O)(=O)CCCc1cn[nH]c1. The van der Waals surface area contributed by atoms with Crippen molar-refractivity contribution in [3.8, 4) is 0 Å². The van der Waals surface area contributed by atoms with Gasteiger partial charge in [-0.3, -0.25) is 5.10 Å². The lowest BCUT2D eigenvalue weighted by Gasteiger charge is -2.14. The van der Waals surface area contributed by atoms with Crippen molar-refractivity contribution >= 4 is 33.0 Å². The first kappa shape index (κ1) is 16.3. The molecule has 1 aromatic heterocycles. The lowest BCUT2D eigenvalue weighted by atomic mass is 10.2. The molecule has 0 saturated heterocycles. The van der Waals surface area contributed by atoms with Crippen LogP contribution in [0.25, 0.3) is 0 Å². The molecule has 0 aliphatic carbocycles. The molecule has 0 spiro atoms. The summed E-state index contributed by atoms with van der Waals surface area (Å²) in [6, 6.07) is 4.94. The average Bonchev–Trinajstić information content (AvgIpc) is 2.94. The van der Waals surface area contributed by atoms with E-state index in [1.54, 1.807) is 37.5 Å². The highest BCUT2D eigenvalue weighted by molar-refractivity contribution is 7.91. The van der Waals surface area contributed by atoms with Crippen LogP contribution in [0.4, 0.5) is 0 Å². The van der Waals surface area contributed by atoms with E-state index in [0.29, 0.717) is 28.5 Å². The number of sulfone groups is 1. The zero-order valence-corrected chi connectivity index (χ0v) is 13.8. The van der Waals surface area contributed by atoms with Crippen molar-refractivity contribution < 1.29 is 8.42 Å². The van der Waals surface area contributed by atoms with E-state index >= 15 is 0 Å². The molecule has 0 amide bonds. The van der Waals surface area contributed by atoms with Crippen LogP contribution in [-0.2, 0) is 16.3 Å². The van der Waals surface area contributed by atoms with Crippen molar-refractivity contribution in [1.82, 2.24) is 10.2 Å². The highest BCUT2D eigenvalue weighted by Crippen LogP contribution is 2.29. The van der Waals surface area contributed by atoms with Gasteiger partial charge in [0.1, 0.15) is 0 Å². The Labute approximate surface area is 134 Å². The maximum Gasteiger partial charge on any atom is 0.157 e. The summed E-state index contributed by atoms with van der Waals surface area (Å²) in [7, 11) is -3.23. The van der Waals surface area contributed by atoms with Gasteiger partial charge in [-0.2, -0.15) is 5.10 Å². The first-order chi connectivity index (χ1) is 9.90. The summed E-state index contributed by atoms with van der Waals surface area (Å²) in [5.41, 5.74) is 1.67. The Morgan fingerprint density at radius 2 is 2.05 bits per heavy atom. The molecule has 0 fully saturated rings. The van der Waals surface area contributed by atoms with Gasteiger partial charge in [0.05, 0.1) is 27.2 Å². The third-order valence-corrected chi connectivity index (χ3v) is 6.35. The topological polar surface area (TPSA) is 62.8 Å². The lowest BCUT2D eigenvalue weighted by Crippen LogP contribution is -2.15. The molecule has 0 aliphatic heterocycles. The van der Waals surface area contributed by atoms with Gasteiger partial charge in [0.2, 0.25) is 0 Å². The molecular formula is C14H16Cl2N2O2S. The quantitative estimate of drug-likeness (QED) is 0.864. The summed E-state index contributed by atoms with van der Waals surface area (Å²) in [6.45, 7) is 1.67. The number of aromatic amines is 1. The molecule has 1 unspecified atom stereocenters. The fraction of sp³-hybridized carbons (Fsp3) is 0.357. The molecule has 7 heteroatoms. The van der Waals surface area contributed by atoms with Crippen LogP contribution in [0.1, 0.15) is 29.7 Å². The number of hydrogen-bond acceptors (Lipinski definition) is 3. The van der Waals surface area contributed by atoms with Crippen LogP contribution in [0.5, 0.6) is 0 Å². The Balaban J connectivity index is 2.02. The molecule has 0 saturated carbocycles. The standard InChI is InChI=1S/C14H16Cl2N2O2S/c1-10(12-4-5-13(15)14(16)7-12)21(19,20)6-2-3-11-8-17-18-9-11/h4-5,7-10H,2-3,6H2,1H3,(H,17,18). The monoisotopic (exact) mass is 346 g/mol. The Kier molecular flexibility index (Phi) is 5.30. The van der Waals surface area contributed by atoms with Crippen molar-refractivity contribution in [2.24, 2.45) is 0 Å². The summed E-state index contributed by atoms with van der Waals surface area (Å²) < 4.78 is 24.7. The highest BCUT2D eigenvalue weighted by atomic mass is 35.5. The van der Waals surface area contributed by atoms with E-state index in [2.05, 4.69) is 10.2 Å². The van der Waals surface area contributed by atoms with E-state index in [4.69, 9.17) is 23.2 Å². The predicted octanol–water partition coefficient (Wildman–Crippen LogP) is 3.83. The second-order valence-electron chi connectivity index (χ2n) is 4.89. The molecular weight excluding hydrogens is 331 g/mol. The molecule has 114 valence electrons. The van der Waals surface area contributed by atoms with Crippen molar-refractivity contribution in [2.45, 2.75) is 25.0 Å². The molecule has 0 radical (unpaired) electrons. The summed E-state index contributed by atoms with van der Waals surface area (Å²) in [5.74, 6) is 0.125. The molecule has 2 aromatic rings. The second-order valence-corrected chi connectivity index (χ2v) is 8.15. The van der Waals surface area contributed by atoms with Crippen LogP contribution in [0.2, 0.25) is 10.0 Å². The smallest absolute Gasteiger partial charge is 0.157 e. The maximum atomic E-state index is 12.4. The zero-order valence-electron chi connectivity index (χ0n) is 11.5. The summed E-state index contributed by atoms with van der Waals surface area (Å²) in [6.07, 6.45) is 4.72. The van der Waals surface area contributed by atoms with Crippen LogP contribution in [-0.4, -0.2) is 24.4 Å². The van der Waals surface area contributed by atoms with Crippen LogP contribution >= 0.6 is 23.2 Å². The number of halogens is 2. The number of nitrogens with one attached hydrogen (secondary N) is 1. The Morgan fingerprint density at radius 3 is 2.67 bits per heavy atom. The Bertz CT molecular complexity index is 700. The average molecular weight is 347 g/mol. The fourth-order valence-electron chi connectivity index (χ4n) is 2.04. The third-order valence-electron chi connectivity index (χ3n) is 3.40. The first-order valence-electron chi connectivity index (χ1n) is 6.54. The van der Waals surface area contributed by atoms with Gasteiger partial charge in [-0.15, -0.1) is 0 Å². The molecule has 1 atom stereocenters. The van der Waals surface area contributed by atoms with Crippen molar-refractivity contribution in [2.75, 3.05) is 5.75 Å². The van der Waals surface area contributed by atoms with Gasteiger partial charge in [0, 0.05) is 6.20 Å². The van der Waals surface area contributed by atoms with E-state index in [0.717, 1.165) is 5.56 Å². The van der Waals surface area contributed by atoms with Crippen LogP contribution in [0.15, 0.2) is 30.6 Å². The number of aromatic nitrogens is 2. The Hall–Kier alpha value is -1.04. The molecule has 1 N–H and O–H groups in total. The molecule has 1 aromatic carbocycles. The van der Waals surface area contributed by atoms with E-state index in [1.165, 1.54) is 0 Å². The van der Waals surface area contributed by atoms with Gasteiger partial charge >= 0.3 is 0 Å². The molecule has 1 heterocycles. The largest absolute Gasteiger partial charge is 0.285 e. The number of nitrogens with zero attached hydrogens (tertiary/aromatic N) is 1. The number of aryl methyl sites for hydroxylation is 1. The van der Waals surface area contributed by atoms with E-state index < -0.39 is 15.1 Å². The van der Waals surface area contributed by atoms with E-state index in [9.17, 15) is 8.42 Å². The van der Waals surface area contributed by atoms with Gasteiger partial charge in [-0.05, 0) is 43.0 Å². The fourth-order valence-corrected chi connectivity index (χ4v) is 3.81. The third kappa shape index (κ3) is 4.22. The Morgan fingerprint density at radius 1 is 1.29 bits per heavy atom. The number of rotatable bonds is 6.